The second-order valence-corrected chi connectivity index (χ2v) is 9.26. The van der Waals surface area contributed by atoms with Crippen LogP contribution in [0.2, 0.25) is 0 Å². The summed E-state index contributed by atoms with van der Waals surface area (Å²) in [5.41, 5.74) is 6.26. The summed E-state index contributed by atoms with van der Waals surface area (Å²) >= 11 is 0. The van der Waals surface area contributed by atoms with Crippen LogP contribution in [0.15, 0.2) is 48.5 Å². The summed E-state index contributed by atoms with van der Waals surface area (Å²) in [6.07, 6.45) is 4.27. The predicted octanol–water partition coefficient (Wildman–Crippen LogP) is 2.81. The molecule has 1 aliphatic carbocycles. The maximum atomic E-state index is 14.0. The molecule has 1 aliphatic heterocycles. The zero-order valence-corrected chi connectivity index (χ0v) is 18.9. The number of nitrogens with one attached hydrogen (secondary N) is 1. The van der Waals surface area contributed by atoms with Crippen molar-refractivity contribution in [1.29, 1.82) is 5.26 Å². The van der Waals surface area contributed by atoms with E-state index in [-0.39, 0.29) is 18.1 Å². The molecule has 2 aromatic rings. The van der Waals surface area contributed by atoms with Gasteiger partial charge in [-0.05, 0) is 30.0 Å². The molecule has 33 heavy (non-hydrogen) atoms. The van der Waals surface area contributed by atoms with Crippen molar-refractivity contribution in [2.75, 3.05) is 11.9 Å². The van der Waals surface area contributed by atoms with Crippen LogP contribution in [0.4, 0.5) is 5.69 Å². The Morgan fingerprint density at radius 3 is 2.52 bits per heavy atom. The number of fused-ring (bicyclic) bond motifs is 1. The van der Waals surface area contributed by atoms with Gasteiger partial charge in [-0.1, -0.05) is 55.7 Å². The van der Waals surface area contributed by atoms with Crippen LogP contribution >= 0.6 is 0 Å². The third-order valence-corrected chi connectivity index (χ3v) is 7.53. The number of phenols is 1. The average molecular weight is 447 g/mol. The van der Waals surface area contributed by atoms with Crippen LogP contribution in [0.5, 0.6) is 5.75 Å². The van der Waals surface area contributed by atoms with Crippen molar-refractivity contribution in [1.82, 2.24) is 5.32 Å². The number of nitriles is 1. The molecule has 0 bridgehead atoms. The summed E-state index contributed by atoms with van der Waals surface area (Å²) < 4.78 is 0. The fourth-order valence-corrected chi connectivity index (χ4v) is 5.85. The van der Waals surface area contributed by atoms with Crippen molar-refractivity contribution in [2.24, 2.45) is 11.1 Å². The van der Waals surface area contributed by atoms with Crippen LogP contribution in [-0.4, -0.2) is 35.5 Å². The van der Waals surface area contributed by atoms with Gasteiger partial charge < -0.3 is 21.1 Å². The number of nitrogens with zero attached hydrogens (tertiary/aromatic N) is 2. The molecule has 0 spiro atoms. The number of anilines is 1. The number of benzene rings is 2. The Morgan fingerprint density at radius 2 is 1.88 bits per heavy atom. The van der Waals surface area contributed by atoms with E-state index in [4.69, 9.17) is 5.73 Å². The molecule has 0 radical (unpaired) electrons. The molecule has 4 N–H and O–H groups in total. The quantitative estimate of drug-likeness (QED) is 0.630. The highest BCUT2D eigenvalue weighted by molar-refractivity contribution is 6.00. The van der Waals surface area contributed by atoms with E-state index in [2.05, 4.69) is 11.4 Å². The first-order valence-corrected chi connectivity index (χ1v) is 11.4. The predicted molar refractivity (Wildman–Crippen MR) is 125 cm³/mol. The van der Waals surface area contributed by atoms with Gasteiger partial charge in [-0.25, -0.2) is 0 Å². The SMILES string of the molecule is CN1c2cc(O)ccc2C[C@]1(C(N)=O)C1(C(=O)N[C@H](C#N)Cc2ccccc2)CCCCC1. The van der Waals surface area contributed by atoms with E-state index in [1.165, 1.54) is 0 Å². The number of nitrogens with two attached hydrogens (primary N) is 1. The van der Waals surface area contributed by atoms with Gasteiger partial charge in [-0.2, -0.15) is 5.26 Å². The molecule has 2 atom stereocenters. The number of amides is 2. The zero-order chi connectivity index (χ0) is 23.6. The summed E-state index contributed by atoms with van der Waals surface area (Å²) in [7, 11) is 1.77. The first-order chi connectivity index (χ1) is 15.8. The van der Waals surface area contributed by atoms with Gasteiger partial charge in [0.15, 0.2) is 0 Å². The first-order valence-electron chi connectivity index (χ1n) is 11.4. The lowest BCUT2D eigenvalue weighted by atomic mass is 9.59. The molecule has 7 heteroatoms. The number of likely N-dealkylation sites (N-methyl/N-ethyl adjacent to an activating group) is 1. The van der Waals surface area contributed by atoms with Crippen molar-refractivity contribution < 1.29 is 14.7 Å². The van der Waals surface area contributed by atoms with Gasteiger partial charge in [0.25, 0.3) is 0 Å². The van der Waals surface area contributed by atoms with Gasteiger partial charge in [0, 0.05) is 31.6 Å². The second-order valence-electron chi connectivity index (χ2n) is 9.26. The normalized spacial score (nSPS) is 22.1. The summed E-state index contributed by atoms with van der Waals surface area (Å²) in [5.74, 6) is -0.767. The number of hydrogen-bond donors (Lipinski definition) is 3. The molecule has 0 aromatic heterocycles. The van der Waals surface area contributed by atoms with Gasteiger partial charge in [0.1, 0.15) is 17.3 Å². The van der Waals surface area contributed by atoms with Crippen molar-refractivity contribution in [3.8, 4) is 11.8 Å². The largest absolute Gasteiger partial charge is 0.508 e. The molecule has 172 valence electrons. The van der Waals surface area contributed by atoms with Crippen LogP contribution in [0, 0.1) is 16.7 Å². The summed E-state index contributed by atoms with van der Waals surface area (Å²) in [4.78, 5) is 29.0. The topological polar surface area (TPSA) is 119 Å². The van der Waals surface area contributed by atoms with Crippen LogP contribution in [0.25, 0.3) is 0 Å². The van der Waals surface area contributed by atoms with E-state index in [1.54, 1.807) is 30.1 Å². The standard InChI is InChI=1S/C26H30N4O3/c1-30-22-15-21(31)11-10-19(22)16-26(30,23(28)32)25(12-6-3-7-13-25)24(33)29-20(17-27)14-18-8-4-2-5-9-18/h2,4-5,8-11,15,20,31H,3,6-7,12-14,16H2,1H3,(H2,28,32)(H,29,33)/t20-,26-/m0/s1. The molecule has 0 unspecified atom stereocenters. The van der Waals surface area contributed by atoms with Crippen LogP contribution in [0.3, 0.4) is 0 Å². The van der Waals surface area contributed by atoms with E-state index >= 15 is 0 Å². The molecular formula is C26H30N4O3. The fourth-order valence-electron chi connectivity index (χ4n) is 5.85. The maximum Gasteiger partial charge on any atom is 0.244 e. The zero-order valence-electron chi connectivity index (χ0n) is 18.9. The number of carbonyl (C=O) groups is 2. The number of hydrogen-bond acceptors (Lipinski definition) is 5. The van der Waals surface area contributed by atoms with Crippen molar-refractivity contribution in [3.63, 3.8) is 0 Å². The maximum absolute atomic E-state index is 14.0. The Kier molecular flexibility index (Phi) is 6.03. The summed E-state index contributed by atoms with van der Waals surface area (Å²) in [5, 5.41) is 22.8. The number of rotatable bonds is 6. The van der Waals surface area contributed by atoms with Gasteiger partial charge in [-0.15, -0.1) is 0 Å². The van der Waals surface area contributed by atoms with Gasteiger partial charge >= 0.3 is 0 Å². The molecule has 7 nitrogen and oxygen atoms in total. The summed E-state index contributed by atoms with van der Waals surface area (Å²) in [6, 6.07) is 16.0. The lowest BCUT2D eigenvalue weighted by molar-refractivity contribution is -0.146. The number of aromatic hydroxyl groups is 1. The van der Waals surface area contributed by atoms with Crippen molar-refractivity contribution in [2.45, 2.75) is 56.5 Å². The van der Waals surface area contributed by atoms with E-state index in [0.717, 1.165) is 30.4 Å². The van der Waals surface area contributed by atoms with Crippen molar-refractivity contribution >= 4 is 17.5 Å². The lowest BCUT2D eigenvalue weighted by Gasteiger charge is -2.51. The molecule has 2 aliphatic rings. The van der Waals surface area contributed by atoms with E-state index in [9.17, 15) is 20.0 Å². The Hall–Kier alpha value is -3.53. The first kappa shape index (κ1) is 22.7. The lowest BCUT2D eigenvalue weighted by Crippen LogP contribution is -2.70. The second kappa shape index (κ2) is 8.78. The Morgan fingerprint density at radius 1 is 1.18 bits per heavy atom. The third-order valence-electron chi connectivity index (χ3n) is 7.53. The number of phenolic OH excluding ortho intramolecular Hbond substituents is 1. The molecule has 2 amide bonds. The molecule has 0 saturated heterocycles. The highest BCUT2D eigenvalue weighted by Gasteiger charge is 2.64. The summed E-state index contributed by atoms with van der Waals surface area (Å²) in [6.45, 7) is 0. The molecular weight excluding hydrogens is 416 g/mol. The molecule has 4 rings (SSSR count). The highest BCUT2D eigenvalue weighted by Crippen LogP contribution is 2.54. The van der Waals surface area contributed by atoms with Crippen LogP contribution in [0.1, 0.15) is 43.2 Å². The van der Waals surface area contributed by atoms with Gasteiger partial charge in [0.05, 0.1) is 11.5 Å². The minimum Gasteiger partial charge on any atom is -0.508 e. The van der Waals surface area contributed by atoms with E-state index < -0.39 is 22.9 Å². The Balaban J connectivity index is 1.72. The average Bonchev–Trinajstić information content (AvgIpc) is 3.13. The monoisotopic (exact) mass is 446 g/mol. The smallest absolute Gasteiger partial charge is 0.244 e. The molecule has 1 fully saturated rings. The van der Waals surface area contributed by atoms with Crippen LogP contribution < -0.4 is 16.0 Å². The van der Waals surface area contributed by atoms with Gasteiger partial charge in [0.2, 0.25) is 11.8 Å². The minimum atomic E-state index is -1.28. The third kappa shape index (κ3) is 3.70. The molecule has 2 aromatic carbocycles. The highest BCUT2D eigenvalue weighted by atomic mass is 16.3. The Bertz CT molecular complexity index is 1090. The number of carbonyl (C=O) groups excluding carboxylic acids is 2. The van der Waals surface area contributed by atoms with Crippen molar-refractivity contribution in [3.05, 3.63) is 59.7 Å². The van der Waals surface area contributed by atoms with E-state index in [0.29, 0.717) is 24.9 Å². The fraction of sp³-hybridized carbons (Fsp3) is 0.423. The number of primary amides is 1. The molecule has 1 saturated carbocycles. The van der Waals surface area contributed by atoms with E-state index in [1.807, 2.05) is 30.3 Å². The van der Waals surface area contributed by atoms with Gasteiger partial charge in [-0.3, -0.25) is 9.59 Å². The Labute approximate surface area is 194 Å². The molecule has 1 heterocycles. The minimum absolute atomic E-state index is 0.0930. The van der Waals surface area contributed by atoms with Crippen LogP contribution in [-0.2, 0) is 22.4 Å².